The first-order valence-electron chi connectivity index (χ1n) is 5.55. The molecule has 0 atom stereocenters. The number of thiophene rings is 1. The Morgan fingerprint density at radius 2 is 2.16 bits per heavy atom. The largest absolute Gasteiger partial charge is 0.465 e. The summed E-state index contributed by atoms with van der Waals surface area (Å²) in [6.07, 6.45) is 0. The molecule has 3 rings (SSSR count). The summed E-state index contributed by atoms with van der Waals surface area (Å²) >= 11 is 4.71. The normalized spacial score (nSPS) is 10.8. The first-order chi connectivity index (χ1) is 9.19. The van der Waals surface area contributed by atoms with Gasteiger partial charge in [0.1, 0.15) is 10.6 Å². The highest BCUT2D eigenvalue weighted by molar-refractivity contribution is 9.10. The van der Waals surface area contributed by atoms with Crippen LogP contribution in [0, 0.1) is 0 Å². The number of furan rings is 1. The molecule has 3 aromatic rings. The van der Waals surface area contributed by atoms with Gasteiger partial charge in [-0.1, -0.05) is 12.1 Å². The van der Waals surface area contributed by atoms with E-state index in [2.05, 4.69) is 15.9 Å². The molecule has 0 fully saturated rings. The molecule has 0 saturated heterocycles. The Balaban J connectivity index is 2.20. The Labute approximate surface area is 121 Å². The van der Waals surface area contributed by atoms with Crippen LogP contribution in [0.1, 0.15) is 9.67 Å². The van der Waals surface area contributed by atoms with Crippen LogP contribution in [-0.4, -0.2) is 13.1 Å². The lowest BCUT2D eigenvalue weighted by Crippen LogP contribution is -1.96. The molecule has 96 valence electrons. The van der Waals surface area contributed by atoms with Gasteiger partial charge in [-0.05, 0) is 40.2 Å². The molecule has 19 heavy (non-hydrogen) atoms. The highest BCUT2D eigenvalue weighted by Crippen LogP contribution is 2.35. The molecule has 0 radical (unpaired) electrons. The zero-order valence-electron chi connectivity index (χ0n) is 9.98. The highest BCUT2D eigenvalue weighted by Gasteiger charge is 2.14. The van der Waals surface area contributed by atoms with Crippen LogP contribution in [0.5, 0.6) is 0 Å². The van der Waals surface area contributed by atoms with E-state index in [0.717, 1.165) is 21.4 Å². The van der Waals surface area contributed by atoms with Crippen molar-refractivity contribution < 1.29 is 13.9 Å². The number of carbonyl (C=O) groups excluding carboxylic acids is 1. The van der Waals surface area contributed by atoms with Crippen LogP contribution in [0.25, 0.3) is 21.4 Å². The lowest BCUT2D eigenvalue weighted by Gasteiger charge is -1.98. The molecule has 0 bridgehead atoms. The van der Waals surface area contributed by atoms with Crippen LogP contribution >= 0.6 is 27.3 Å². The van der Waals surface area contributed by atoms with Gasteiger partial charge in [0.05, 0.1) is 7.11 Å². The Hall–Kier alpha value is -1.59. The van der Waals surface area contributed by atoms with Crippen molar-refractivity contribution in [1.29, 1.82) is 0 Å². The molecule has 0 aliphatic carbocycles. The molecule has 3 nitrogen and oxygen atoms in total. The number of rotatable bonds is 2. The summed E-state index contributed by atoms with van der Waals surface area (Å²) in [4.78, 5) is 12.2. The number of halogens is 1. The number of hydrogen-bond acceptors (Lipinski definition) is 4. The van der Waals surface area contributed by atoms with Crippen LogP contribution in [-0.2, 0) is 4.74 Å². The van der Waals surface area contributed by atoms with E-state index in [-0.39, 0.29) is 5.97 Å². The summed E-state index contributed by atoms with van der Waals surface area (Å²) in [7, 11) is 1.39. The number of benzene rings is 1. The third-order valence-corrected chi connectivity index (χ3v) is 4.29. The minimum atomic E-state index is -0.312. The van der Waals surface area contributed by atoms with Crippen molar-refractivity contribution in [2.45, 2.75) is 0 Å². The average molecular weight is 337 g/mol. The zero-order chi connectivity index (χ0) is 13.4. The SMILES string of the molecule is COC(=O)c1cc2c(-c3ccc(Br)o3)cccc2s1. The first-order valence-corrected chi connectivity index (χ1v) is 7.16. The highest BCUT2D eigenvalue weighted by atomic mass is 79.9. The van der Waals surface area contributed by atoms with Gasteiger partial charge in [0.15, 0.2) is 4.67 Å². The summed E-state index contributed by atoms with van der Waals surface area (Å²) < 4.78 is 12.1. The van der Waals surface area contributed by atoms with Gasteiger partial charge in [-0.2, -0.15) is 0 Å². The van der Waals surface area contributed by atoms with E-state index in [0.29, 0.717) is 9.55 Å². The first kappa shape index (κ1) is 12.4. The van der Waals surface area contributed by atoms with Crippen LogP contribution in [0.3, 0.4) is 0 Å². The van der Waals surface area contributed by atoms with E-state index in [9.17, 15) is 4.79 Å². The van der Waals surface area contributed by atoms with E-state index in [1.54, 1.807) is 0 Å². The molecule has 2 aromatic heterocycles. The average Bonchev–Trinajstić information content (AvgIpc) is 3.03. The maximum atomic E-state index is 11.6. The van der Waals surface area contributed by atoms with Crippen LogP contribution < -0.4 is 0 Å². The van der Waals surface area contributed by atoms with Gasteiger partial charge in [0.25, 0.3) is 0 Å². The lowest BCUT2D eigenvalue weighted by atomic mass is 10.1. The van der Waals surface area contributed by atoms with Crippen molar-refractivity contribution >= 4 is 43.3 Å². The Morgan fingerprint density at radius 1 is 1.32 bits per heavy atom. The Kier molecular flexibility index (Phi) is 3.16. The van der Waals surface area contributed by atoms with Crippen LogP contribution in [0.2, 0.25) is 0 Å². The fourth-order valence-electron chi connectivity index (χ4n) is 1.94. The molecular weight excluding hydrogens is 328 g/mol. The van der Waals surface area contributed by atoms with Gasteiger partial charge in [-0.15, -0.1) is 11.3 Å². The Morgan fingerprint density at radius 3 is 2.84 bits per heavy atom. The molecule has 0 aliphatic heterocycles. The number of hydrogen-bond donors (Lipinski definition) is 0. The number of carbonyl (C=O) groups is 1. The number of ether oxygens (including phenoxy) is 1. The minimum Gasteiger partial charge on any atom is -0.465 e. The van der Waals surface area contributed by atoms with E-state index >= 15 is 0 Å². The smallest absolute Gasteiger partial charge is 0.348 e. The predicted molar refractivity (Wildman–Crippen MR) is 78.6 cm³/mol. The van der Waals surface area contributed by atoms with Crippen molar-refractivity contribution in [3.05, 3.63) is 45.9 Å². The molecule has 0 spiro atoms. The minimum absolute atomic E-state index is 0.312. The quantitative estimate of drug-likeness (QED) is 0.636. The summed E-state index contributed by atoms with van der Waals surface area (Å²) in [5.74, 6) is 0.458. The van der Waals surface area contributed by atoms with Gasteiger partial charge in [-0.3, -0.25) is 0 Å². The fourth-order valence-corrected chi connectivity index (χ4v) is 3.25. The number of esters is 1. The summed E-state index contributed by atoms with van der Waals surface area (Å²) in [5.41, 5.74) is 0.967. The molecule has 0 N–H and O–H groups in total. The molecular formula is C14H9BrO3S. The van der Waals surface area contributed by atoms with E-state index < -0.39 is 0 Å². The van der Waals surface area contributed by atoms with E-state index in [4.69, 9.17) is 9.15 Å². The van der Waals surface area contributed by atoms with Crippen molar-refractivity contribution in [3.63, 3.8) is 0 Å². The van der Waals surface area contributed by atoms with Gasteiger partial charge in [0.2, 0.25) is 0 Å². The summed E-state index contributed by atoms with van der Waals surface area (Å²) in [6.45, 7) is 0. The monoisotopic (exact) mass is 336 g/mol. The third kappa shape index (κ3) is 2.19. The molecule has 0 amide bonds. The second-order valence-corrected chi connectivity index (χ2v) is 5.79. The number of methoxy groups -OCH3 is 1. The maximum Gasteiger partial charge on any atom is 0.348 e. The molecule has 5 heteroatoms. The van der Waals surface area contributed by atoms with Crippen LogP contribution in [0.4, 0.5) is 0 Å². The topological polar surface area (TPSA) is 39.4 Å². The van der Waals surface area contributed by atoms with Crippen molar-refractivity contribution in [3.8, 4) is 11.3 Å². The van der Waals surface area contributed by atoms with Gasteiger partial charge in [-0.25, -0.2) is 4.79 Å². The molecule has 0 saturated carbocycles. The molecule has 1 aromatic carbocycles. The standard InChI is InChI=1S/C14H9BrO3S/c1-17-14(16)12-7-9-8(3-2-4-11(9)19-12)10-5-6-13(15)18-10/h2-7H,1H3. The third-order valence-electron chi connectivity index (χ3n) is 2.79. The molecule has 0 aliphatic rings. The predicted octanol–water partition coefficient (Wildman–Crippen LogP) is 4.71. The van der Waals surface area contributed by atoms with Gasteiger partial charge in [0, 0.05) is 15.6 Å². The van der Waals surface area contributed by atoms with Crippen LogP contribution in [0.15, 0.2) is 45.5 Å². The summed E-state index contributed by atoms with van der Waals surface area (Å²) in [6, 6.07) is 11.5. The van der Waals surface area contributed by atoms with Crippen molar-refractivity contribution in [1.82, 2.24) is 0 Å². The van der Waals surface area contributed by atoms with E-state index in [1.807, 2.05) is 36.4 Å². The number of fused-ring (bicyclic) bond motifs is 1. The second kappa shape index (κ2) is 4.83. The van der Waals surface area contributed by atoms with Crippen molar-refractivity contribution in [2.75, 3.05) is 7.11 Å². The lowest BCUT2D eigenvalue weighted by molar-refractivity contribution is 0.0606. The molecule has 2 heterocycles. The molecule has 0 unspecified atom stereocenters. The summed E-state index contributed by atoms with van der Waals surface area (Å²) in [5, 5.41) is 0.995. The zero-order valence-corrected chi connectivity index (χ0v) is 12.4. The van der Waals surface area contributed by atoms with Gasteiger partial charge >= 0.3 is 5.97 Å². The maximum absolute atomic E-state index is 11.6. The van der Waals surface area contributed by atoms with Gasteiger partial charge < -0.3 is 9.15 Å². The van der Waals surface area contributed by atoms with Crippen molar-refractivity contribution in [2.24, 2.45) is 0 Å². The Bertz CT molecular complexity index is 757. The second-order valence-electron chi connectivity index (χ2n) is 3.92. The van der Waals surface area contributed by atoms with E-state index in [1.165, 1.54) is 18.4 Å². The fraction of sp³-hybridized carbons (Fsp3) is 0.0714.